The van der Waals surface area contributed by atoms with Gasteiger partial charge in [0.1, 0.15) is 12.2 Å². The first-order valence-electron chi connectivity index (χ1n) is 12.6. The van der Waals surface area contributed by atoms with Gasteiger partial charge in [-0.3, -0.25) is 18.7 Å². The van der Waals surface area contributed by atoms with Gasteiger partial charge >= 0.3 is 13.1 Å². The second-order valence-electron chi connectivity index (χ2n) is 7.43. The second kappa shape index (κ2) is 17.3. The smallest absolute Gasteiger partial charge is 0.348 e. The molecule has 0 bridgehead atoms. The summed E-state index contributed by atoms with van der Waals surface area (Å²) < 4.78 is 62.7. The quantitative estimate of drug-likeness (QED) is 0.102. The predicted molar refractivity (Wildman–Crippen MR) is 138 cm³/mol. The number of carbonyl (C=O) groups excluding carboxylic acids is 2. The summed E-state index contributed by atoms with van der Waals surface area (Å²) in [6.07, 6.45) is -1.84. The van der Waals surface area contributed by atoms with Crippen LogP contribution >= 0.6 is 7.60 Å². The predicted octanol–water partition coefficient (Wildman–Crippen LogP) is 4.40. The van der Waals surface area contributed by atoms with Gasteiger partial charge in [-0.05, 0) is 67.5 Å². The molecular weight excluding hydrogens is 507 g/mol. The summed E-state index contributed by atoms with van der Waals surface area (Å²) >= 11 is 0. The molecule has 4 atom stereocenters. The molecule has 0 fully saturated rings. The van der Waals surface area contributed by atoms with Crippen molar-refractivity contribution in [3.63, 3.8) is 0 Å². The van der Waals surface area contributed by atoms with Gasteiger partial charge in [0.15, 0.2) is 11.6 Å². The molecule has 0 aromatic rings. The fraction of sp³-hybridized carbons (Fsp3) is 0.760. The van der Waals surface area contributed by atoms with Gasteiger partial charge in [0.05, 0.1) is 6.61 Å². The minimum absolute atomic E-state index is 0.0547. The summed E-state index contributed by atoms with van der Waals surface area (Å²) in [6, 6.07) is 0. The fourth-order valence-corrected chi connectivity index (χ4v) is 5.92. The van der Waals surface area contributed by atoms with E-state index >= 15 is 0 Å². The van der Waals surface area contributed by atoms with Crippen molar-refractivity contribution in [2.45, 2.75) is 85.2 Å². The molecule has 0 radical (unpaired) electrons. The van der Waals surface area contributed by atoms with Gasteiger partial charge in [-0.15, -0.1) is 0 Å². The molecular formula is C25H45O11P. The summed E-state index contributed by atoms with van der Waals surface area (Å²) in [5, 5.41) is 0. The molecule has 0 aliphatic rings. The normalized spacial score (nSPS) is 17.0. The number of carbonyl (C=O) groups is 2. The number of rotatable bonds is 23. The summed E-state index contributed by atoms with van der Waals surface area (Å²) in [7, 11) is -4.72. The number of hydrogen-bond acceptors (Lipinski definition) is 11. The van der Waals surface area contributed by atoms with Gasteiger partial charge in [-0.25, -0.2) is 0 Å². The van der Waals surface area contributed by atoms with Crippen molar-refractivity contribution in [2.75, 3.05) is 39.6 Å². The van der Waals surface area contributed by atoms with Crippen molar-refractivity contribution in [3.05, 3.63) is 25.3 Å². The van der Waals surface area contributed by atoms with Crippen molar-refractivity contribution in [1.82, 2.24) is 0 Å². The van der Waals surface area contributed by atoms with Gasteiger partial charge in [0, 0.05) is 33.0 Å². The molecule has 0 aliphatic carbocycles. The molecule has 0 amide bonds. The van der Waals surface area contributed by atoms with E-state index in [0.717, 1.165) is 12.2 Å². The molecule has 0 saturated heterocycles. The van der Waals surface area contributed by atoms with Crippen LogP contribution in [0.2, 0.25) is 0 Å². The fourth-order valence-electron chi connectivity index (χ4n) is 3.51. The molecule has 0 aliphatic heterocycles. The lowest BCUT2D eigenvalue weighted by atomic mass is 10.2. The van der Waals surface area contributed by atoms with Gasteiger partial charge < -0.3 is 32.9 Å². The Hall–Kier alpha value is -1.27. The Morgan fingerprint density at radius 1 is 0.757 bits per heavy atom. The minimum Gasteiger partial charge on any atom is -0.348 e. The Bertz CT molecular complexity index is 760. The SMILES string of the molecule is C=CC(=O)C(C)OC(OCC)(C(OCC)OCC)C(OCC)(OCC)P(=O)(OCC)OC(C)C(=O)C=C. The molecule has 216 valence electrons. The molecule has 12 heteroatoms. The molecule has 0 N–H and O–H groups in total. The summed E-state index contributed by atoms with van der Waals surface area (Å²) in [6.45, 7) is 19.5. The Balaban J connectivity index is 7.76. The van der Waals surface area contributed by atoms with E-state index in [-0.39, 0.29) is 39.6 Å². The molecule has 11 nitrogen and oxygen atoms in total. The van der Waals surface area contributed by atoms with Crippen LogP contribution in [0.1, 0.15) is 55.4 Å². The molecule has 0 aromatic carbocycles. The average molecular weight is 553 g/mol. The second-order valence-corrected chi connectivity index (χ2v) is 9.48. The van der Waals surface area contributed by atoms with Crippen LogP contribution in [0.15, 0.2) is 25.3 Å². The Morgan fingerprint density at radius 3 is 1.59 bits per heavy atom. The highest BCUT2D eigenvalue weighted by Gasteiger charge is 2.75. The molecule has 0 heterocycles. The molecule has 0 rings (SSSR count). The Labute approximate surface area is 221 Å². The van der Waals surface area contributed by atoms with Crippen LogP contribution in [0.25, 0.3) is 0 Å². The lowest BCUT2D eigenvalue weighted by Crippen LogP contribution is -2.69. The topological polar surface area (TPSA) is 125 Å². The van der Waals surface area contributed by atoms with Crippen LogP contribution < -0.4 is 0 Å². The van der Waals surface area contributed by atoms with Crippen molar-refractivity contribution in [2.24, 2.45) is 0 Å². The van der Waals surface area contributed by atoms with Crippen molar-refractivity contribution >= 4 is 19.2 Å². The zero-order valence-corrected chi connectivity index (χ0v) is 24.4. The van der Waals surface area contributed by atoms with Crippen molar-refractivity contribution in [3.8, 4) is 0 Å². The van der Waals surface area contributed by atoms with Gasteiger partial charge in [-0.1, -0.05) is 13.2 Å². The van der Waals surface area contributed by atoms with E-state index in [9.17, 15) is 14.2 Å². The summed E-state index contributed by atoms with van der Waals surface area (Å²) in [4.78, 5) is 25.0. The first kappa shape index (κ1) is 35.7. The molecule has 4 unspecified atom stereocenters. The number of ether oxygens (including phenoxy) is 6. The van der Waals surface area contributed by atoms with Gasteiger partial charge in [0.25, 0.3) is 5.79 Å². The molecule has 0 spiro atoms. The van der Waals surface area contributed by atoms with Gasteiger partial charge in [-0.2, -0.15) is 0 Å². The van der Waals surface area contributed by atoms with E-state index in [1.54, 1.807) is 41.5 Å². The highest BCUT2D eigenvalue weighted by Crippen LogP contribution is 2.67. The Kier molecular flexibility index (Phi) is 16.7. The van der Waals surface area contributed by atoms with Crippen LogP contribution in [0.4, 0.5) is 0 Å². The molecule has 0 aromatic heterocycles. The molecule has 37 heavy (non-hydrogen) atoms. The lowest BCUT2D eigenvalue weighted by molar-refractivity contribution is -0.443. The minimum atomic E-state index is -4.72. The third-order valence-corrected chi connectivity index (χ3v) is 7.42. The van der Waals surface area contributed by atoms with E-state index in [0.29, 0.717) is 0 Å². The van der Waals surface area contributed by atoms with E-state index < -0.39 is 49.0 Å². The maximum Gasteiger partial charge on any atom is 0.396 e. The van der Waals surface area contributed by atoms with Crippen LogP contribution in [0, 0.1) is 0 Å². The average Bonchev–Trinajstić information content (AvgIpc) is 2.86. The lowest BCUT2D eigenvalue weighted by Gasteiger charge is -2.52. The van der Waals surface area contributed by atoms with E-state index in [1.807, 2.05) is 0 Å². The number of hydrogen-bond donors (Lipinski definition) is 0. The monoisotopic (exact) mass is 552 g/mol. The largest absolute Gasteiger partial charge is 0.396 e. The third-order valence-electron chi connectivity index (χ3n) is 4.94. The van der Waals surface area contributed by atoms with Crippen LogP contribution in [0.3, 0.4) is 0 Å². The standard InChI is InChI=1S/C25H45O11P/c1-11-21(26)19(9)35-24(31-15-5,23(29-13-3)30-14-4)25(32-16-6,33-17-7)37(28,34-18-8)36-20(10)22(27)12-2/h11-12,19-20,23H,1-2,13-18H2,3-10H3. The third kappa shape index (κ3) is 8.36. The van der Waals surface area contributed by atoms with E-state index in [4.69, 9.17) is 37.5 Å². The van der Waals surface area contributed by atoms with E-state index in [1.165, 1.54) is 13.8 Å². The highest BCUT2D eigenvalue weighted by atomic mass is 31.2. The Morgan fingerprint density at radius 2 is 1.22 bits per heavy atom. The summed E-state index contributed by atoms with van der Waals surface area (Å²) in [5.41, 5.74) is -2.53. The van der Waals surface area contributed by atoms with Crippen LogP contribution in [-0.2, 0) is 51.6 Å². The van der Waals surface area contributed by atoms with Crippen LogP contribution in [-0.4, -0.2) is 81.0 Å². The van der Waals surface area contributed by atoms with Gasteiger partial charge in [0.2, 0.25) is 6.29 Å². The van der Waals surface area contributed by atoms with Crippen molar-refractivity contribution in [1.29, 1.82) is 0 Å². The molecule has 0 saturated carbocycles. The number of ketones is 2. The van der Waals surface area contributed by atoms with E-state index in [2.05, 4.69) is 13.2 Å². The maximum absolute atomic E-state index is 14.8. The first-order chi connectivity index (χ1) is 17.5. The van der Waals surface area contributed by atoms with Crippen molar-refractivity contribution < 1.29 is 51.6 Å². The summed E-state index contributed by atoms with van der Waals surface area (Å²) in [5.74, 6) is -3.44. The highest BCUT2D eigenvalue weighted by molar-refractivity contribution is 7.55. The first-order valence-corrected chi connectivity index (χ1v) is 14.1. The maximum atomic E-state index is 14.8. The van der Waals surface area contributed by atoms with Crippen LogP contribution in [0.5, 0.6) is 0 Å². The zero-order chi connectivity index (χ0) is 28.7. The zero-order valence-electron chi connectivity index (χ0n) is 23.5.